The lowest BCUT2D eigenvalue weighted by atomic mass is 9.54. The Morgan fingerprint density at radius 1 is 1.17 bits per heavy atom. The van der Waals surface area contributed by atoms with E-state index in [1.807, 2.05) is 0 Å². The molecule has 2 aliphatic carbocycles. The number of likely N-dealkylation sites (N-methyl/N-ethyl adjacent to an activating group) is 1. The molecule has 1 aromatic heterocycles. The fourth-order valence-electron chi connectivity index (χ4n) is 8.39. The van der Waals surface area contributed by atoms with E-state index in [9.17, 15) is 4.79 Å². The maximum absolute atomic E-state index is 12.6. The summed E-state index contributed by atoms with van der Waals surface area (Å²) in [6, 6.07) is 14.1. The summed E-state index contributed by atoms with van der Waals surface area (Å²) in [7, 11) is 2.23. The third-order valence-electron chi connectivity index (χ3n) is 11.5. The molecule has 246 valence electrons. The normalized spacial score (nSPS) is 21.2. The fourth-order valence-corrected chi connectivity index (χ4v) is 8.39. The first-order chi connectivity index (χ1) is 22.8. The van der Waals surface area contributed by atoms with Crippen LogP contribution in [0.25, 0.3) is 15.6 Å². The summed E-state index contributed by atoms with van der Waals surface area (Å²) in [5.41, 5.74) is 5.25. The highest BCUT2D eigenvalue weighted by molar-refractivity contribution is 5.97. The molecule has 4 aliphatic rings. The van der Waals surface area contributed by atoms with Gasteiger partial charge in [-0.15, -0.1) is 0 Å². The van der Waals surface area contributed by atoms with E-state index < -0.39 is 0 Å². The molecule has 1 saturated heterocycles. The predicted molar refractivity (Wildman–Crippen MR) is 187 cm³/mol. The number of ether oxygens (including phenoxy) is 1. The van der Waals surface area contributed by atoms with Crippen LogP contribution in [-0.4, -0.2) is 90.2 Å². The number of nitrogens with zero attached hydrogens (tertiary/aromatic N) is 7. The van der Waals surface area contributed by atoms with E-state index in [0.717, 1.165) is 30.0 Å². The van der Waals surface area contributed by atoms with Crippen molar-refractivity contribution in [3.05, 3.63) is 77.3 Å². The summed E-state index contributed by atoms with van der Waals surface area (Å²) in [5.74, 6) is 0.757. The van der Waals surface area contributed by atoms with Gasteiger partial charge in [-0.05, 0) is 81.5 Å². The number of carbonyl (C=O) groups is 1. The van der Waals surface area contributed by atoms with Crippen molar-refractivity contribution in [1.29, 1.82) is 0 Å². The Hall–Kier alpha value is -4.16. The molecule has 7 rings (SSSR count). The van der Waals surface area contributed by atoms with Gasteiger partial charge in [0.2, 0.25) is 12.5 Å². The highest BCUT2D eigenvalue weighted by Crippen LogP contribution is 2.57. The third-order valence-corrected chi connectivity index (χ3v) is 11.5. The zero-order valence-corrected chi connectivity index (χ0v) is 28.1. The van der Waals surface area contributed by atoms with Crippen molar-refractivity contribution in [2.24, 2.45) is 5.41 Å². The highest BCUT2D eigenvalue weighted by Gasteiger charge is 2.49. The van der Waals surface area contributed by atoms with Crippen molar-refractivity contribution in [3.8, 4) is 6.01 Å². The van der Waals surface area contributed by atoms with Crippen molar-refractivity contribution in [2.75, 3.05) is 56.2 Å². The first-order valence-electron chi connectivity index (χ1n) is 17.3. The Morgan fingerprint density at radius 3 is 2.68 bits per heavy atom. The summed E-state index contributed by atoms with van der Waals surface area (Å²) < 4.78 is 6.44. The topological polar surface area (TPSA) is 69.4 Å². The van der Waals surface area contributed by atoms with Gasteiger partial charge in [0.05, 0.1) is 12.2 Å². The van der Waals surface area contributed by atoms with Crippen LogP contribution in [0.5, 0.6) is 6.01 Å². The molecule has 47 heavy (non-hydrogen) atoms. The number of aromatic nitrogens is 2. The summed E-state index contributed by atoms with van der Waals surface area (Å²) in [5, 5.41) is 2.53. The number of hydrogen-bond acceptors (Lipinski definition) is 7. The molecule has 2 aromatic carbocycles. The molecule has 1 amide bonds. The molecule has 3 heterocycles. The Balaban J connectivity index is 1.16. The second kappa shape index (κ2) is 12.8. The zero-order valence-electron chi connectivity index (χ0n) is 28.1. The molecule has 0 unspecified atom stereocenters. The molecular formula is C38H47N7O2. The number of rotatable bonds is 9. The van der Waals surface area contributed by atoms with Gasteiger partial charge >= 0.3 is 6.01 Å². The number of piperazine rings is 1. The van der Waals surface area contributed by atoms with Crippen molar-refractivity contribution < 1.29 is 9.53 Å². The molecule has 3 aromatic rings. The molecule has 2 atom stereocenters. The van der Waals surface area contributed by atoms with E-state index in [0.29, 0.717) is 50.3 Å². The maximum atomic E-state index is 12.6. The Kier molecular flexibility index (Phi) is 8.56. The highest BCUT2D eigenvalue weighted by atomic mass is 16.5. The molecule has 0 N–H and O–H groups in total. The molecule has 9 heteroatoms. The summed E-state index contributed by atoms with van der Waals surface area (Å²) in [4.78, 5) is 35.4. The largest absolute Gasteiger partial charge is 0.462 e. The quantitative estimate of drug-likeness (QED) is 0.223. The molecule has 0 radical (unpaired) electrons. The Bertz CT molecular complexity index is 1700. The average molecular weight is 634 g/mol. The second-order valence-electron chi connectivity index (χ2n) is 14.3. The molecule has 0 bridgehead atoms. The summed E-state index contributed by atoms with van der Waals surface area (Å²) in [6.45, 7) is 19.6. The number of amides is 1. The van der Waals surface area contributed by atoms with Crippen molar-refractivity contribution in [2.45, 2.75) is 77.0 Å². The van der Waals surface area contributed by atoms with Crippen LogP contribution in [0.4, 0.5) is 11.5 Å². The van der Waals surface area contributed by atoms with Gasteiger partial charge in [0.25, 0.3) is 0 Å². The number of hydrogen-bond donors (Lipinski definition) is 0. The predicted octanol–water partition coefficient (Wildman–Crippen LogP) is 5.66. The molecule has 2 aliphatic heterocycles. The maximum Gasteiger partial charge on any atom is 0.318 e. The summed E-state index contributed by atoms with van der Waals surface area (Å²) in [6.07, 6.45) is 8.96. The third kappa shape index (κ3) is 5.93. The number of aryl methyl sites for hydroxylation is 1. The van der Waals surface area contributed by atoms with E-state index in [1.54, 1.807) is 4.90 Å². The van der Waals surface area contributed by atoms with Crippen molar-refractivity contribution in [1.82, 2.24) is 19.8 Å². The van der Waals surface area contributed by atoms with Gasteiger partial charge in [0, 0.05) is 54.9 Å². The van der Waals surface area contributed by atoms with Gasteiger partial charge < -0.3 is 24.3 Å². The first kappa shape index (κ1) is 31.4. The lowest BCUT2D eigenvalue weighted by Gasteiger charge is -2.57. The lowest BCUT2D eigenvalue weighted by molar-refractivity contribution is -0.128. The molecular weight excluding hydrogens is 586 g/mol. The van der Waals surface area contributed by atoms with Crippen LogP contribution in [-0.2, 0) is 17.8 Å². The zero-order chi connectivity index (χ0) is 32.7. The minimum Gasteiger partial charge on any atom is -0.462 e. The lowest BCUT2D eigenvalue weighted by Crippen LogP contribution is -2.56. The monoisotopic (exact) mass is 633 g/mol. The van der Waals surface area contributed by atoms with Gasteiger partial charge in [-0.3, -0.25) is 9.69 Å². The van der Waals surface area contributed by atoms with Crippen LogP contribution in [0.2, 0.25) is 0 Å². The number of benzene rings is 2. The SMILES string of the molecule is [C-]#[N+]C[C@H]1CN(c2nc(OC[C@H](C)N(C)C3CC4(CCC4)C3)nc3c2CCN(c2cccc4cccc(C)c24)C3)CCN1C(=O)C=C. The van der Waals surface area contributed by atoms with E-state index in [2.05, 4.69) is 83.4 Å². The van der Waals surface area contributed by atoms with E-state index in [1.165, 1.54) is 60.2 Å². The van der Waals surface area contributed by atoms with Gasteiger partial charge in [0.1, 0.15) is 18.5 Å². The van der Waals surface area contributed by atoms with Gasteiger partial charge in [-0.25, -0.2) is 6.57 Å². The van der Waals surface area contributed by atoms with E-state index >= 15 is 0 Å². The molecule has 3 fully saturated rings. The van der Waals surface area contributed by atoms with E-state index in [4.69, 9.17) is 21.3 Å². The fraction of sp³-hybridized carbons (Fsp3) is 0.526. The van der Waals surface area contributed by atoms with Crippen LogP contribution in [0.15, 0.2) is 49.1 Å². The van der Waals surface area contributed by atoms with Crippen LogP contribution in [0.3, 0.4) is 0 Å². The van der Waals surface area contributed by atoms with Gasteiger partial charge in [0.15, 0.2) is 0 Å². The van der Waals surface area contributed by atoms with Crippen molar-refractivity contribution >= 4 is 28.2 Å². The molecule has 1 spiro atoms. The summed E-state index contributed by atoms with van der Waals surface area (Å²) >= 11 is 0. The Labute approximate surface area is 279 Å². The van der Waals surface area contributed by atoms with Crippen LogP contribution < -0.4 is 14.5 Å². The van der Waals surface area contributed by atoms with Crippen LogP contribution in [0, 0.1) is 18.9 Å². The second-order valence-corrected chi connectivity index (χ2v) is 14.3. The molecule has 2 saturated carbocycles. The average Bonchev–Trinajstić information content (AvgIpc) is 3.04. The van der Waals surface area contributed by atoms with Crippen LogP contribution in [0.1, 0.15) is 55.8 Å². The Morgan fingerprint density at radius 2 is 1.96 bits per heavy atom. The van der Waals surface area contributed by atoms with E-state index in [-0.39, 0.29) is 24.5 Å². The van der Waals surface area contributed by atoms with Crippen LogP contribution >= 0.6 is 0 Å². The van der Waals surface area contributed by atoms with Gasteiger partial charge in [-0.2, -0.15) is 9.97 Å². The molecule has 9 nitrogen and oxygen atoms in total. The first-order valence-corrected chi connectivity index (χ1v) is 17.3. The number of anilines is 2. The van der Waals surface area contributed by atoms with Crippen molar-refractivity contribution in [3.63, 3.8) is 0 Å². The van der Waals surface area contributed by atoms with Gasteiger partial charge in [-0.1, -0.05) is 43.3 Å². The minimum atomic E-state index is -0.226. The minimum absolute atomic E-state index is 0.124. The standard InChI is InChI=1S/C38H47N7O2/c1-6-34(46)45-19-18-44(23-30(45)22-39-4)36-31-14-17-43(33-13-8-12-28-11-7-10-26(2)35(28)33)24-32(31)40-37(41-36)47-25-27(3)42(5)29-20-38(21-29)15-9-16-38/h6-8,10-13,27,29-30H,1,9,14-25H2,2-3,5H3/t27-,30-/m0/s1. The smallest absolute Gasteiger partial charge is 0.318 e. The number of carbonyl (C=O) groups excluding carboxylic acids is 1. The number of fused-ring (bicyclic) bond motifs is 2.